The van der Waals surface area contributed by atoms with Crippen LogP contribution in [0.2, 0.25) is 0 Å². The van der Waals surface area contributed by atoms with Crippen LogP contribution in [0.15, 0.2) is 0 Å². The van der Waals surface area contributed by atoms with Crippen LogP contribution >= 0.6 is 0 Å². The van der Waals surface area contributed by atoms with Gasteiger partial charge in [-0.15, -0.1) is 0 Å². The molecule has 0 aliphatic carbocycles. The Morgan fingerprint density at radius 3 is 1.20 bits per heavy atom. The van der Waals surface area contributed by atoms with E-state index in [1.165, 1.54) is 0 Å². The summed E-state index contributed by atoms with van der Waals surface area (Å²) in [5.41, 5.74) is -0.500. The minimum atomic E-state index is -1.83. The Bertz CT molecular complexity index is 76.1. The molecule has 0 saturated heterocycles. The van der Waals surface area contributed by atoms with E-state index in [2.05, 4.69) is 0 Å². The fourth-order valence-corrected chi connectivity index (χ4v) is 0. The van der Waals surface area contributed by atoms with E-state index in [1.807, 2.05) is 0 Å². The van der Waals surface area contributed by atoms with Gasteiger partial charge in [-0.05, 0) is 20.8 Å². The van der Waals surface area contributed by atoms with Gasteiger partial charge in [-0.25, -0.2) is 4.79 Å². The second kappa shape index (κ2) is 8.38. The van der Waals surface area contributed by atoms with E-state index < -0.39 is 11.8 Å². The van der Waals surface area contributed by atoms with E-state index >= 15 is 0 Å². The average molecular weight is 270 g/mol. The zero-order chi connectivity index (χ0) is 8.08. The second-order valence-corrected chi connectivity index (χ2v) is 2.45. The van der Waals surface area contributed by atoms with Gasteiger partial charge in [0.1, 0.15) is 0 Å². The van der Waals surface area contributed by atoms with Gasteiger partial charge in [-0.1, -0.05) is 0 Å². The van der Waals surface area contributed by atoms with Crippen molar-refractivity contribution in [2.24, 2.45) is 0 Å². The Labute approximate surface area is 119 Å². The summed E-state index contributed by atoms with van der Waals surface area (Å²) in [6, 6.07) is 0. The second-order valence-electron chi connectivity index (χ2n) is 2.45. The molecular formula is C5H13CsO4. The number of hydrogen-bond acceptors (Lipinski definition) is 2. The van der Waals surface area contributed by atoms with Gasteiger partial charge in [-0.3, -0.25) is 0 Å². The fourth-order valence-electron chi connectivity index (χ4n) is 0. The third-order valence-corrected chi connectivity index (χ3v) is 0. The van der Waals surface area contributed by atoms with E-state index in [9.17, 15) is 0 Å². The van der Waals surface area contributed by atoms with Gasteiger partial charge in [-0.2, -0.15) is 0 Å². The summed E-state index contributed by atoms with van der Waals surface area (Å²) < 4.78 is 0. The van der Waals surface area contributed by atoms with Crippen LogP contribution < -0.4 is 0 Å². The number of carboxylic acid groups (broad SMARTS) is 2. The van der Waals surface area contributed by atoms with E-state index in [1.54, 1.807) is 20.8 Å². The zero-order valence-electron chi connectivity index (χ0n) is 5.75. The van der Waals surface area contributed by atoms with Crippen LogP contribution in [0.25, 0.3) is 0 Å². The van der Waals surface area contributed by atoms with Crippen LogP contribution in [-0.2, 0) is 0 Å². The first kappa shape index (κ1) is 17.4. The first-order chi connectivity index (χ1) is 3.73. The Hall–Kier alpha value is 1.28. The number of carbonyl (C=O) groups is 1. The van der Waals surface area contributed by atoms with Crippen LogP contribution in [-0.4, -0.2) is 96.0 Å². The number of hydrogen-bond donors (Lipinski definition) is 3. The van der Waals surface area contributed by atoms with Gasteiger partial charge in [0.05, 0.1) is 5.60 Å². The topological polar surface area (TPSA) is 77.8 Å². The summed E-state index contributed by atoms with van der Waals surface area (Å²) in [7, 11) is 0. The van der Waals surface area contributed by atoms with Crippen LogP contribution in [0.4, 0.5) is 4.79 Å². The van der Waals surface area contributed by atoms with Crippen molar-refractivity contribution in [1.29, 1.82) is 0 Å². The molecule has 0 heterocycles. The van der Waals surface area contributed by atoms with Crippen LogP contribution in [0, 0.1) is 0 Å². The maximum absolute atomic E-state index is 8.56. The molecule has 0 bridgehead atoms. The van der Waals surface area contributed by atoms with E-state index in [4.69, 9.17) is 20.1 Å². The van der Waals surface area contributed by atoms with Crippen molar-refractivity contribution in [2.45, 2.75) is 26.4 Å². The molecule has 4 nitrogen and oxygen atoms in total. The molecule has 0 aliphatic heterocycles. The molecule has 0 spiro atoms. The predicted molar refractivity (Wildman–Crippen MR) is 39.8 cm³/mol. The molecule has 0 fully saturated rings. The standard InChI is InChI=1S/C4H10O.CH2O3.Cs.H/c1-4(2,3)5;2-1(3)4;;/h5H,1-3H3;(H2,2,3,4);;. The quantitative estimate of drug-likeness (QED) is 0.593. The average Bonchev–Trinajstić information content (AvgIpc) is 1.19. The molecule has 3 N–H and O–H groups in total. The van der Waals surface area contributed by atoms with E-state index in [-0.39, 0.29) is 68.9 Å². The van der Waals surface area contributed by atoms with Crippen molar-refractivity contribution in [3.05, 3.63) is 0 Å². The van der Waals surface area contributed by atoms with E-state index in [0.29, 0.717) is 0 Å². The molecule has 58 valence electrons. The van der Waals surface area contributed by atoms with Crippen molar-refractivity contribution in [1.82, 2.24) is 0 Å². The minimum absolute atomic E-state index is 0. The molecule has 0 aromatic carbocycles. The molecule has 0 saturated carbocycles. The van der Waals surface area contributed by atoms with Crippen molar-refractivity contribution >= 4 is 75.0 Å². The summed E-state index contributed by atoms with van der Waals surface area (Å²) in [5, 5.41) is 22.5. The van der Waals surface area contributed by atoms with Crippen molar-refractivity contribution in [3.8, 4) is 0 Å². The first-order valence-electron chi connectivity index (χ1n) is 2.37. The Morgan fingerprint density at radius 1 is 1.20 bits per heavy atom. The molecule has 0 aromatic rings. The SMILES string of the molecule is CC(C)(C)O.O=C(O)O.[CsH]. The van der Waals surface area contributed by atoms with Crippen molar-refractivity contribution < 1.29 is 20.1 Å². The van der Waals surface area contributed by atoms with Crippen LogP contribution in [0.5, 0.6) is 0 Å². The zero-order valence-corrected chi connectivity index (χ0v) is 5.75. The number of rotatable bonds is 0. The van der Waals surface area contributed by atoms with Gasteiger partial charge in [0, 0.05) is 0 Å². The molecule has 0 amide bonds. The third kappa shape index (κ3) is 387. The molecule has 0 rings (SSSR count). The molecular weight excluding hydrogens is 257 g/mol. The van der Waals surface area contributed by atoms with Gasteiger partial charge in [0.2, 0.25) is 0 Å². The van der Waals surface area contributed by atoms with E-state index in [0.717, 1.165) is 0 Å². The third-order valence-electron chi connectivity index (χ3n) is 0. The number of aliphatic hydroxyl groups is 1. The molecule has 0 radical (unpaired) electrons. The Balaban J connectivity index is -0.0000000910. The molecule has 0 unspecified atom stereocenters. The maximum atomic E-state index is 8.56. The van der Waals surface area contributed by atoms with Gasteiger partial charge in [0.25, 0.3) is 0 Å². The summed E-state index contributed by atoms with van der Waals surface area (Å²) in [6.07, 6.45) is -1.83. The summed E-state index contributed by atoms with van der Waals surface area (Å²) in [4.78, 5) is 8.56. The molecule has 0 aliphatic rings. The molecule has 10 heavy (non-hydrogen) atoms. The Kier molecular flexibility index (Phi) is 14.6. The van der Waals surface area contributed by atoms with Gasteiger partial charge < -0.3 is 15.3 Å². The van der Waals surface area contributed by atoms with Crippen LogP contribution in [0.3, 0.4) is 0 Å². The van der Waals surface area contributed by atoms with Crippen molar-refractivity contribution in [2.75, 3.05) is 0 Å². The van der Waals surface area contributed by atoms with Crippen molar-refractivity contribution in [3.63, 3.8) is 0 Å². The summed E-state index contributed by atoms with van der Waals surface area (Å²) in [6.45, 7) is 5.23. The van der Waals surface area contributed by atoms with Gasteiger partial charge in [0.15, 0.2) is 0 Å². The molecule has 0 atom stereocenters. The molecule has 0 aromatic heterocycles. The monoisotopic (exact) mass is 270 g/mol. The molecule has 5 heteroatoms. The van der Waals surface area contributed by atoms with Gasteiger partial charge >= 0.3 is 75.0 Å². The first-order valence-corrected chi connectivity index (χ1v) is 2.37. The normalized spacial score (nSPS) is 8.40. The predicted octanol–water partition coefficient (Wildman–Crippen LogP) is 0.351. The summed E-state index contributed by atoms with van der Waals surface area (Å²) >= 11 is 0. The fraction of sp³-hybridized carbons (Fsp3) is 0.800. The summed E-state index contributed by atoms with van der Waals surface area (Å²) in [5.74, 6) is 0. The Morgan fingerprint density at radius 2 is 1.20 bits per heavy atom. The van der Waals surface area contributed by atoms with Crippen LogP contribution in [0.1, 0.15) is 20.8 Å².